The van der Waals surface area contributed by atoms with Crippen LogP contribution in [-0.2, 0) is 0 Å². The fraction of sp³-hybridized carbons (Fsp3) is 0. The Kier molecular flexibility index (Phi) is 2.25. The summed E-state index contributed by atoms with van der Waals surface area (Å²) in [6, 6.07) is 14.4. The van der Waals surface area contributed by atoms with Crippen LogP contribution in [0, 0.1) is 0 Å². The van der Waals surface area contributed by atoms with Gasteiger partial charge in [-0.25, -0.2) is 4.90 Å². The lowest BCUT2D eigenvalue weighted by atomic mass is 10.1. The topological polar surface area (TPSA) is 50.3 Å². The van der Waals surface area contributed by atoms with Crippen molar-refractivity contribution < 1.29 is 9.59 Å². The van der Waals surface area contributed by atoms with Gasteiger partial charge in [0, 0.05) is 5.39 Å². The fourth-order valence-corrected chi connectivity index (χ4v) is 3.18. The Morgan fingerprint density at radius 1 is 0.850 bits per heavy atom. The predicted molar refractivity (Wildman–Crippen MR) is 77.2 cm³/mol. The van der Waals surface area contributed by atoms with E-state index in [9.17, 15) is 9.59 Å². The van der Waals surface area contributed by atoms with Gasteiger partial charge in [0.25, 0.3) is 11.8 Å². The molecule has 3 aromatic rings. The molecule has 1 aliphatic rings. The van der Waals surface area contributed by atoms with Gasteiger partial charge in [0.1, 0.15) is 0 Å². The lowest BCUT2D eigenvalue weighted by Crippen LogP contribution is -2.29. The molecule has 2 heterocycles. The molecular formula is C15H8N2O2S. The van der Waals surface area contributed by atoms with Crippen molar-refractivity contribution in [3.8, 4) is 0 Å². The highest BCUT2D eigenvalue weighted by molar-refractivity contribution is 7.13. The van der Waals surface area contributed by atoms with Crippen LogP contribution in [-0.4, -0.2) is 16.2 Å². The van der Waals surface area contributed by atoms with Crippen molar-refractivity contribution in [1.82, 2.24) is 4.37 Å². The summed E-state index contributed by atoms with van der Waals surface area (Å²) in [4.78, 5) is 26.0. The van der Waals surface area contributed by atoms with Crippen LogP contribution in [0.2, 0.25) is 0 Å². The number of nitrogens with zero attached hydrogens (tertiary/aromatic N) is 2. The van der Waals surface area contributed by atoms with Gasteiger partial charge in [0.2, 0.25) is 0 Å². The zero-order chi connectivity index (χ0) is 13.7. The molecule has 0 saturated heterocycles. The van der Waals surface area contributed by atoms with Crippen LogP contribution in [0.1, 0.15) is 20.7 Å². The average Bonchev–Trinajstić information content (AvgIpc) is 3.01. The van der Waals surface area contributed by atoms with Gasteiger partial charge >= 0.3 is 0 Å². The molecule has 0 saturated carbocycles. The molecule has 0 bridgehead atoms. The fourth-order valence-electron chi connectivity index (χ4n) is 2.42. The Hall–Kier alpha value is -2.53. The van der Waals surface area contributed by atoms with Gasteiger partial charge in [-0.05, 0) is 35.8 Å². The number of benzene rings is 2. The van der Waals surface area contributed by atoms with Gasteiger partial charge in [-0.15, -0.1) is 0 Å². The van der Waals surface area contributed by atoms with Crippen LogP contribution in [0.15, 0.2) is 48.5 Å². The standard InChI is InChI=1S/C15H8N2O2S/c18-14-9-5-1-2-6-10(9)15(19)17(14)13-11-7-3-4-8-12(11)20-16-13/h1-8H. The number of carbonyl (C=O) groups is 2. The average molecular weight is 280 g/mol. The van der Waals surface area contributed by atoms with Gasteiger partial charge < -0.3 is 0 Å². The zero-order valence-corrected chi connectivity index (χ0v) is 11.1. The number of amides is 2. The molecule has 20 heavy (non-hydrogen) atoms. The molecule has 5 heteroatoms. The van der Waals surface area contributed by atoms with Crippen LogP contribution in [0.4, 0.5) is 5.82 Å². The summed E-state index contributed by atoms with van der Waals surface area (Å²) in [5, 5.41) is 0.826. The molecule has 1 aromatic heterocycles. The number of rotatable bonds is 1. The maximum Gasteiger partial charge on any atom is 0.267 e. The SMILES string of the molecule is O=C1c2ccccc2C(=O)N1c1nsc2ccccc12. The summed E-state index contributed by atoms with van der Waals surface area (Å²) in [5.41, 5.74) is 0.879. The minimum absolute atomic E-state index is 0.304. The number of carbonyl (C=O) groups excluding carboxylic acids is 2. The van der Waals surface area contributed by atoms with Gasteiger partial charge in [-0.3, -0.25) is 9.59 Å². The second kappa shape index (κ2) is 3.98. The Balaban J connectivity index is 1.93. The molecule has 2 aromatic carbocycles. The smallest absolute Gasteiger partial charge is 0.267 e. The van der Waals surface area contributed by atoms with E-state index in [4.69, 9.17) is 0 Å². The van der Waals surface area contributed by atoms with Crippen molar-refractivity contribution in [2.45, 2.75) is 0 Å². The summed E-state index contributed by atoms with van der Waals surface area (Å²) < 4.78 is 5.24. The number of fused-ring (bicyclic) bond motifs is 2. The molecule has 1 aliphatic heterocycles. The zero-order valence-electron chi connectivity index (χ0n) is 10.2. The van der Waals surface area contributed by atoms with E-state index in [1.165, 1.54) is 16.4 Å². The molecular weight excluding hydrogens is 272 g/mol. The minimum atomic E-state index is -0.304. The second-order valence-electron chi connectivity index (χ2n) is 4.49. The third-order valence-electron chi connectivity index (χ3n) is 3.36. The second-order valence-corrected chi connectivity index (χ2v) is 5.30. The molecule has 0 aliphatic carbocycles. The lowest BCUT2D eigenvalue weighted by molar-refractivity contribution is 0.0925. The maximum atomic E-state index is 12.4. The quantitative estimate of drug-likeness (QED) is 0.644. The molecule has 0 unspecified atom stereocenters. The third kappa shape index (κ3) is 1.38. The number of aromatic nitrogens is 1. The molecule has 4 rings (SSSR count). The number of imide groups is 1. The lowest BCUT2D eigenvalue weighted by Gasteiger charge is -2.10. The van der Waals surface area contributed by atoms with Crippen LogP contribution in [0.3, 0.4) is 0 Å². The Labute approximate surface area is 118 Å². The van der Waals surface area contributed by atoms with E-state index >= 15 is 0 Å². The van der Waals surface area contributed by atoms with Crippen molar-refractivity contribution in [2.75, 3.05) is 4.90 Å². The van der Waals surface area contributed by atoms with Gasteiger partial charge in [0.15, 0.2) is 5.82 Å². The Bertz CT molecular complexity index is 834. The summed E-state index contributed by atoms with van der Waals surface area (Å²) in [6.07, 6.45) is 0. The number of hydrogen-bond acceptors (Lipinski definition) is 4. The van der Waals surface area contributed by atoms with Crippen molar-refractivity contribution in [3.05, 3.63) is 59.7 Å². The van der Waals surface area contributed by atoms with E-state index < -0.39 is 0 Å². The largest absolute Gasteiger partial charge is 0.268 e. The summed E-state index contributed by atoms with van der Waals surface area (Å²) in [7, 11) is 0. The highest BCUT2D eigenvalue weighted by Crippen LogP contribution is 2.34. The molecule has 0 radical (unpaired) electrons. The normalized spacial score (nSPS) is 14.1. The summed E-state index contributed by atoms with van der Waals surface area (Å²) in [6.45, 7) is 0. The highest BCUT2D eigenvalue weighted by Gasteiger charge is 2.38. The molecule has 0 atom stereocenters. The van der Waals surface area contributed by atoms with Gasteiger partial charge in [-0.2, -0.15) is 4.37 Å². The summed E-state index contributed by atoms with van der Waals surface area (Å²) >= 11 is 1.29. The number of hydrogen-bond donors (Lipinski definition) is 0. The molecule has 0 fully saturated rings. The monoisotopic (exact) mass is 280 g/mol. The van der Waals surface area contributed by atoms with E-state index in [-0.39, 0.29) is 11.8 Å². The Morgan fingerprint density at radius 3 is 2.15 bits per heavy atom. The van der Waals surface area contributed by atoms with Crippen molar-refractivity contribution >= 4 is 39.3 Å². The van der Waals surface area contributed by atoms with E-state index in [0.29, 0.717) is 16.9 Å². The van der Waals surface area contributed by atoms with E-state index in [2.05, 4.69) is 4.37 Å². The van der Waals surface area contributed by atoms with E-state index in [1.807, 2.05) is 24.3 Å². The molecule has 0 N–H and O–H groups in total. The van der Waals surface area contributed by atoms with E-state index in [1.54, 1.807) is 24.3 Å². The first-order valence-corrected chi connectivity index (χ1v) is 6.87. The van der Waals surface area contributed by atoms with Gasteiger partial charge in [0.05, 0.1) is 15.8 Å². The Morgan fingerprint density at radius 2 is 1.45 bits per heavy atom. The predicted octanol–water partition coefficient (Wildman–Crippen LogP) is 3.10. The number of anilines is 1. The first-order valence-electron chi connectivity index (χ1n) is 6.09. The maximum absolute atomic E-state index is 12.4. The van der Waals surface area contributed by atoms with Crippen LogP contribution < -0.4 is 4.90 Å². The van der Waals surface area contributed by atoms with Crippen LogP contribution in [0.25, 0.3) is 10.1 Å². The first-order chi connectivity index (χ1) is 9.77. The molecule has 4 nitrogen and oxygen atoms in total. The van der Waals surface area contributed by atoms with Crippen LogP contribution in [0.5, 0.6) is 0 Å². The van der Waals surface area contributed by atoms with Crippen molar-refractivity contribution in [3.63, 3.8) is 0 Å². The minimum Gasteiger partial charge on any atom is -0.268 e. The molecule has 96 valence electrons. The van der Waals surface area contributed by atoms with Crippen LogP contribution >= 0.6 is 11.5 Å². The van der Waals surface area contributed by atoms with Crippen molar-refractivity contribution in [1.29, 1.82) is 0 Å². The van der Waals surface area contributed by atoms with Gasteiger partial charge in [-0.1, -0.05) is 24.3 Å². The third-order valence-corrected chi connectivity index (χ3v) is 4.18. The highest BCUT2D eigenvalue weighted by atomic mass is 32.1. The molecule has 2 amide bonds. The molecule has 0 spiro atoms. The van der Waals surface area contributed by atoms with Crippen molar-refractivity contribution in [2.24, 2.45) is 0 Å². The summed E-state index contributed by atoms with van der Waals surface area (Å²) in [5.74, 6) is -0.180. The first kappa shape index (κ1) is 11.3. The van der Waals surface area contributed by atoms with E-state index in [0.717, 1.165) is 10.1 Å².